The van der Waals surface area contributed by atoms with Crippen molar-refractivity contribution in [3.63, 3.8) is 0 Å². The molecule has 1 aromatic heterocycles. The standard InChI is InChI=1S/C12H15N3O3S2/c1-8-6-15(7-9(2)18-8)20(16,17)11-5-3-4-10-12(11)14-19-13-10/h3-5,8-9H,6-7H2,1-2H3/t8-,9+. The van der Waals surface area contributed by atoms with Crippen molar-refractivity contribution in [2.45, 2.75) is 31.0 Å². The van der Waals surface area contributed by atoms with Crippen LogP contribution in [0.3, 0.4) is 0 Å². The SMILES string of the molecule is C[C@@H]1CN(S(=O)(=O)c2cccc3nsnc23)C[C@H](C)O1. The number of sulfonamides is 1. The fourth-order valence-corrected chi connectivity index (χ4v) is 4.80. The Balaban J connectivity index is 2.05. The van der Waals surface area contributed by atoms with Crippen molar-refractivity contribution in [1.82, 2.24) is 13.1 Å². The average Bonchev–Trinajstić information content (AvgIpc) is 2.85. The quantitative estimate of drug-likeness (QED) is 0.840. The Hall–Kier alpha value is -1.09. The number of ether oxygens (including phenoxy) is 1. The number of fused-ring (bicyclic) bond motifs is 1. The van der Waals surface area contributed by atoms with Gasteiger partial charge in [-0.25, -0.2) is 8.42 Å². The van der Waals surface area contributed by atoms with Crippen molar-refractivity contribution in [3.8, 4) is 0 Å². The molecule has 0 amide bonds. The molecular formula is C12H15N3O3S2. The monoisotopic (exact) mass is 313 g/mol. The van der Waals surface area contributed by atoms with Gasteiger partial charge in [-0.2, -0.15) is 13.1 Å². The van der Waals surface area contributed by atoms with E-state index in [0.29, 0.717) is 24.1 Å². The molecule has 2 atom stereocenters. The third-order valence-corrected chi connectivity index (χ3v) is 5.66. The zero-order valence-corrected chi connectivity index (χ0v) is 12.8. The normalized spacial score (nSPS) is 25.1. The molecule has 2 aromatic rings. The van der Waals surface area contributed by atoms with Crippen LogP contribution in [0.15, 0.2) is 23.1 Å². The van der Waals surface area contributed by atoms with Gasteiger partial charge >= 0.3 is 0 Å². The number of rotatable bonds is 2. The molecule has 2 heterocycles. The largest absolute Gasteiger partial charge is 0.373 e. The highest BCUT2D eigenvalue weighted by molar-refractivity contribution is 7.89. The molecule has 1 fully saturated rings. The molecular weight excluding hydrogens is 298 g/mol. The second-order valence-corrected chi connectivity index (χ2v) is 7.40. The van der Waals surface area contributed by atoms with Crippen LogP contribution in [-0.4, -0.2) is 46.8 Å². The summed E-state index contributed by atoms with van der Waals surface area (Å²) in [5, 5.41) is 0. The summed E-state index contributed by atoms with van der Waals surface area (Å²) in [4.78, 5) is 0.227. The summed E-state index contributed by atoms with van der Waals surface area (Å²) in [6, 6.07) is 5.05. The van der Waals surface area contributed by atoms with Gasteiger partial charge in [0.25, 0.3) is 0 Å². The third-order valence-electron chi connectivity index (χ3n) is 3.25. The summed E-state index contributed by atoms with van der Waals surface area (Å²) in [5.74, 6) is 0. The fraction of sp³-hybridized carbons (Fsp3) is 0.500. The molecule has 0 aliphatic carbocycles. The van der Waals surface area contributed by atoms with E-state index >= 15 is 0 Å². The molecule has 0 saturated carbocycles. The van der Waals surface area contributed by atoms with Crippen LogP contribution in [0.1, 0.15) is 13.8 Å². The van der Waals surface area contributed by atoms with Crippen molar-refractivity contribution in [2.24, 2.45) is 0 Å². The van der Waals surface area contributed by atoms with Crippen LogP contribution in [-0.2, 0) is 14.8 Å². The summed E-state index contributed by atoms with van der Waals surface area (Å²) < 4.78 is 40.9. The minimum atomic E-state index is -3.57. The molecule has 1 aliphatic heterocycles. The number of hydrogen-bond acceptors (Lipinski definition) is 6. The molecule has 20 heavy (non-hydrogen) atoms. The molecule has 1 aromatic carbocycles. The van der Waals surface area contributed by atoms with Gasteiger partial charge in [-0.05, 0) is 26.0 Å². The van der Waals surface area contributed by atoms with Crippen molar-refractivity contribution < 1.29 is 13.2 Å². The van der Waals surface area contributed by atoms with E-state index in [-0.39, 0.29) is 17.1 Å². The molecule has 6 nitrogen and oxygen atoms in total. The minimum Gasteiger partial charge on any atom is -0.373 e. The Kier molecular flexibility index (Phi) is 3.49. The lowest BCUT2D eigenvalue weighted by Crippen LogP contribution is -2.48. The lowest BCUT2D eigenvalue weighted by molar-refractivity contribution is -0.0440. The van der Waals surface area contributed by atoms with E-state index in [4.69, 9.17) is 4.74 Å². The van der Waals surface area contributed by atoms with E-state index in [1.807, 2.05) is 13.8 Å². The topological polar surface area (TPSA) is 72.4 Å². The molecule has 1 aliphatic rings. The Morgan fingerprint density at radius 3 is 2.65 bits per heavy atom. The predicted molar refractivity (Wildman–Crippen MR) is 76.2 cm³/mol. The molecule has 3 rings (SSSR count). The summed E-state index contributed by atoms with van der Waals surface area (Å²) in [7, 11) is -3.57. The van der Waals surface area contributed by atoms with Crippen LogP contribution in [0.2, 0.25) is 0 Å². The summed E-state index contributed by atoms with van der Waals surface area (Å²) in [6.45, 7) is 4.48. The van der Waals surface area contributed by atoms with Crippen LogP contribution in [0.25, 0.3) is 11.0 Å². The van der Waals surface area contributed by atoms with E-state index in [0.717, 1.165) is 11.7 Å². The molecule has 0 unspecified atom stereocenters. The molecule has 0 bridgehead atoms. The van der Waals surface area contributed by atoms with Gasteiger partial charge in [0.15, 0.2) is 0 Å². The highest BCUT2D eigenvalue weighted by Crippen LogP contribution is 2.26. The molecule has 0 spiro atoms. The van der Waals surface area contributed by atoms with Gasteiger partial charge in [0, 0.05) is 13.1 Å². The summed E-state index contributed by atoms with van der Waals surface area (Å²) in [5.41, 5.74) is 1.06. The minimum absolute atomic E-state index is 0.110. The van der Waals surface area contributed by atoms with E-state index in [1.165, 1.54) is 4.31 Å². The zero-order chi connectivity index (χ0) is 14.3. The van der Waals surface area contributed by atoms with E-state index in [1.54, 1.807) is 18.2 Å². The van der Waals surface area contributed by atoms with Gasteiger partial charge in [-0.1, -0.05) is 6.07 Å². The zero-order valence-electron chi connectivity index (χ0n) is 11.2. The van der Waals surface area contributed by atoms with Gasteiger partial charge in [0.2, 0.25) is 10.0 Å². The van der Waals surface area contributed by atoms with E-state index in [9.17, 15) is 8.42 Å². The number of morpholine rings is 1. The number of nitrogens with zero attached hydrogens (tertiary/aromatic N) is 3. The van der Waals surface area contributed by atoms with Gasteiger partial charge in [-0.15, -0.1) is 0 Å². The van der Waals surface area contributed by atoms with Crippen LogP contribution >= 0.6 is 11.7 Å². The van der Waals surface area contributed by atoms with E-state index in [2.05, 4.69) is 8.75 Å². The van der Waals surface area contributed by atoms with E-state index < -0.39 is 10.0 Å². The van der Waals surface area contributed by atoms with Crippen LogP contribution in [0.4, 0.5) is 0 Å². The predicted octanol–water partition coefficient (Wildman–Crippen LogP) is 1.49. The number of benzene rings is 1. The lowest BCUT2D eigenvalue weighted by Gasteiger charge is -2.34. The molecule has 108 valence electrons. The summed E-state index contributed by atoms with van der Waals surface area (Å²) >= 11 is 1.02. The molecule has 0 N–H and O–H groups in total. The van der Waals surface area contributed by atoms with Crippen molar-refractivity contribution >= 4 is 32.8 Å². The first-order valence-corrected chi connectivity index (χ1v) is 8.52. The maximum Gasteiger partial charge on any atom is 0.245 e. The molecule has 1 saturated heterocycles. The maximum absolute atomic E-state index is 12.8. The smallest absolute Gasteiger partial charge is 0.245 e. The lowest BCUT2D eigenvalue weighted by atomic mass is 10.3. The van der Waals surface area contributed by atoms with Gasteiger partial charge < -0.3 is 4.74 Å². The van der Waals surface area contributed by atoms with Crippen molar-refractivity contribution in [1.29, 1.82) is 0 Å². The Labute approximate surface area is 121 Å². The molecule has 8 heteroatoms. The Morgan fingerprint density at radius 1 is 1.25 bits per heavy atom. The van der Waals surface area contributed by atoms with Crippen LogP contribution < -0.4 is 0 Å². The van der Waals surface area contributed by atoms with Crippen LogP contribution in [0.5, 0.6) is 0 Å². The first-order chi connectivity index (χ1) is 9.48. The maximum atomic E-state index is 12.8. The summed E-state index contributed by atoms with van der Waals surface area (Å²) in [6.07, 6.45) is -0.220. The Morgan fingerprint density at radius 2 is 1.95 bits per heavy atom. The average molecular weight is 313 g/mol. The molecule has 0 radical (unpaired) electrons. The highest BCUT2D eigenvalue weighted by atomic mass is 32.2. The second-order valence-electron chi connectivity index (χ2n) is 4.97. The first kappa shape index (κ1) is 13.9. The number of aromatic nitrogens is 2. The third kappa shape index (κ3) is 2.32. The van der Waals surface area contributed by atoms with Crippen molar-refractivity contribution in [3.05, 3.63) is 18.2 Å². The van der Waals surface area contributed by atoms with Crippen molar-refractivity contribution in [2.75, 3.05) is 13.1 Å². The second kappa shape index (κ2) is 5.03. The van der Waals surface area contributed by atoms with Crippen LogP contribution in [0, 0.1) is 0 Å². The van der Waals surface area contributed by atoms with Gasteiger partial charge in [-0.3, -0.25) is 0 Å². The van der Waals surface area contributed by atoms with Gasteiger partial charge in [0.05, 0.1) is 23.9 Å². The Bertz CT molecular complexity index is 718. The highest BCUT2D eigenvalue weighted by Gasteiger charge is 2.33. The number of hydrogen-bond donors (Lipinski definition) is 0. The first-order valence-electron chi connectivity index (χ1n) is 6.35. The van der Waals surface area contributed by atoms with Gasteiger partial charge in [0.1, 0.15) is 15.9 Å². The fourth-order valence-electron chi connectivity index (χ4n) is 2.46.